The van der Waals surface area contributed by atoms with Crippen LogP contribution < -0.4 is 5.43 Å². The number of hydrogen-bond donors (Lipinski definition) is 2. The van der Waals surface area contributed by atoms with E-state index in [1.165, 1.54) is 46.9 Å². The van der Waals surface area contributed by atoms with Gasteiger partial charge in [0.05, 0.1) is 11.1 Å². The molecule has 8 heteroatoms. The fraction of sp³-hybridized carbons (Fsp3) is 0.222. The van der Waals surface area contributed by atoms with E-state index in [1.807, 2.05) is 0 Å². The first-order valence-electron chi connectivity index (χ1n) is 8.19. The van der Waals surface area contributed by atoms with Gasteiger partial charge in [-0.15, -0.1) is 0 Å². The number of phenolic OH excluding ortho intramolecular Hbond substituents is 1. The highest BCUT2D eigenvalue weighted by Crippen LogP contribution is 2.21. The van der Waals surface area contributed by atoms with Crippen LogP contribution in [0, 0.1) is 0 Å². The molecule has 0 bridgehead atoms. The van der Waals surface area contributed by atoms with Crippen LogP contribution in [0.2, 0.25) is 0 Å². The molecule has 0 unspecified atom stereocenters. The van der Waals surface area contributed by atoms with Crippen LogP contribution in [0.1, 0.15) is 28.8 Å². The Labute approximate surface area is 152 Å². The van der Waals surface area contributed by atoms with Crippen LogP contribution in [0.15, 0.2) is 58.5 Å². The Kier molecular flexibility index (Phi) is 5.34. The zero-order valence-corrected chi connectivity index (χ0v) is 14.8. The Bertz CT molecular complexity index is 935. The first-order chi connectivity index (χ1) is 12.5. The number of benzene rings is 2. The minimum absolute atomic E-state index is 0.0973. The van der Waals surface area contributed by atoms with Crippen molar-refractivity contribution in [2.24, 2.45) is 5.10 Å². The van der Waals surface area contributed by atoms with Crippen LogP contribution in [-0.2, 0) is 10.0 Å². The molecule has 26 heavy (non-hydrogen) atoms. The number of rotatable bonds is 5. The zero-order valence-electron chi connectivity index (χ0n) is 14.0. The van der Waals surface area contributed by atoms with Crippen LogP contribution in [0.4, 0.5) is 0 Å². The van der Waals surface area contributed by atoms with E-state index >= 15 is 0 Å². The summed E-state index contributed by atoms with van der Waals surface area (Å²) in [5.41, 5.74) is 3.18. The third-order valence-electron chi connectivity index (χ3n) is 4.05. The molecule has 1 heterocycles. The van der Waals surface area contributed by atoms with Crippen LogP contribution in [-0.4, -0.2) is 43.0 Å². The average Bonchev–Trinajstić information content (AvgIpc) is 3.17. The topological polar surface area (TPSA) is 99.1 Å². The first-order valence-corrected chi connectivity index (χ1v) is 9.63. The van der Waals surface area contributed by atoms with Gasteiger partial charge in [0, 0.05) is 18.7 Å². The van der Waals surface area contributed by atoms with Crippen molar-refractivity contribution in [2.45, 2.75) is 17.7 Å². The fourth-order valence-corrected chi connectivity index (χ4v) is 4.27. The van der Waals surface area contributed by atoms with Gasteiger partial charge in [0.1, 0.15) is 5.75 Å². The summed E-state index contributed by atoms with van der Waals surface area (Å²) in [6.45, 7) is 1.01. The van der Waals surface area contributed by atoms with Crippen LogP contribution in [0.25, 0.3) is 0 Å². The molecule has 0 atom stereocenters. The maximum Gasteiger partial charge on any atom is 0.271 e. The number of sulfonamides is 1. The molecule has 1 aliphatic heterocycles. The van der Waals surface area contributed by atoms with Gasteiger partial charge in [0.15, 0.2) is 0 Å². The largest absolute Gasteiger partial charge is 0.508 e. The van der Waals surface area contributed by atoms with Crippen LogP contribution in [0.3, 0.4) is 0 Å². The molecule has 0 aromatic heterocycles. The summed E-state index contributed by atoms with van der Waals surface area (Å²) in [7, 11) is -3.58. The lowest BCUT2D eigenvalue weighted by Gasteiger charge is -2.15. The number of amides is 1. The SMILES string of the molecule is O=C(N/N=C\c1cccc(O)c1)c1cccc(S(=O)(=O)N2CCCC2)c1. The summed E-state index contributed by atoms with van der Waals surface area (Å²) in [5.74, 6) is -0.417. The summed E-state index contributed by atoms with van der Waals surface area (Å²) >= 11 is 0. The van der Waals surface area contributed by atoms with Crippen molar-refractivity contribution in [3.05, 3.63) is 59.7 Å². The van der Waals surface area contributed by atoms with Crippen molar-refractivity contribution in [1.29, 1.82) is 0 Å². The van der Waals surface area contributed by atoms with Gasteiger partial charge in [-0.2, -0.15) is 9.41 Å². The summed E-state index contributed by atoms with van der Waals surface area (Å²) < 4.78 is 26.6. The molecule has 0 spiro atoms. The van der Waals surface area contributed by atoms with Gasteiger partial charge in [-0.3, -0.25) is 4.79 Å². The standard InChI is InChI=1S/C18H19N3O4S/c22-16-7-3-5-14(11-16)13-19-20-18(23)15-6-4-8-17(12-15)26(24,25)21-9-1-2-10-21/h3-8,11-13,22H,1-2,9-10H2,(H,20,23)/b19-13-. The van der Waals surface area contributed by atoms with E-state index < -0.39 is 15.9 Å². The number of carbonyl (C=O) groups is 1. The number of phenols is 1. The van der Waals surface area contributed by atoms with Crippen molar-refractivity contribution >= 4 is 22.1 Å². The minimum Gasteiger partial charge on any atom is -0.508 e. The summed E-state index contributed by atoms with van der Waals surface area (Å²) in [5, 5.41) is 13.2. The predicted octanol–water partition coefficient (Wildman–Crippen LogP) is 1.94. The monoisotopic (exact) mass is 373 g/mol. The third kappa shape index (κ3) is 4.09. The molecule has 0 radical (unpaired) electrons. The highest BCUT2D eigenvalue weighted by Gasteiger charge is 2.27. The molecule has 2 aromatic carbocycles. The smallest absolute Gasteiger partial charge is 0.271 e. The van der Waals surface area contributed by atoms with Gasteiger partial charge >= 0.3 is 0 Å². The van der Waals surface area contributed by atoms with Gasteiger partial charge < -0.3 is 5.11 Å². The van der Waals surface area contributed by atoms with Crippen molar-refractivity contribution < 1.29 is 18.3 Å². The molecule has 2 aromatic rings. The number of hydrazone groups is 1. The molecule has 1 saturated heterocycles. The lowest BCUT2D eigenvalue weighted by molar-refractivity contribution is 0.0955. The highest BCUT2D eigenvalue weighted by molar-refractivity contribution is 7.89. The van der Waals surface area contributed by atoms with Crippen molar-refractivity contribution in [2.75, 3.05) is 13.1 Å². The molecular formula is C18H19N3O4S. The Morgan fingerprint density at radius 1 is 1.12 bits per heavy atom. The molecule has 0 aliphatic carbocycles. The number of carbonyl (C=O) groups excluding carboxylic acids is 1. The van der Waals surface area contributed by atoms with E-state index in [9.17, 15) is 18.3 Å². The predicted molar refractivity (Wildman–Crippen MR) is 97.6 cm³/mol. The highest BCUT2D eigenvalue weighted by atomic mass is 32.2. The van der Waals surface area contributed by atoms with Gasteiger partial charge in [-0.05, 0) is 48.7 Å². The van der Waals surface area contributed by atoms with Gasteiger partial charge in [0.25, 0.3) is 5.91 Å². The normalized spacial score (nSPS) is 15.4. The molecule has 1 fully saturated rings. The Balaban J connectivity index is 1.72. The quantitative estimate of drug-likeness (QED) is 0.618. The molecule has 136 valence electrons. The van der Waals surface area contributed by atoms with E-state index in [2.05, 4.69) is 10.5 Å². The van der Waals surface area contributed by atoms with Crippen LogP contribution >= 0.6 is 0 Å². The second kappa shape index (κ2) is 7.67. The molecule has 2 N–H and O–H groups in total. The van der Waals surface area contributed by atoms with E-state index in [-0.39, 0.29) is 16.2 Å². The maximum absolute atomic E-state index is 12.6. The fourth-order valence-electron chi connectivity index (χ4n) is 2.71. The van der Waals surface area contributed by atoms with Crippen molar-refractivity contribution in [3.8, 4) is 5.75 Å². The molecule has 1 aliphatic rings. The minimum atomic E-state index is -3.58. The number of nitrogens with zero attached hydrogens (tertiary/aromatic N) is 2. The van der Waals surface area contributed by atoms with Crippen molar-refractivity contribution in [1.82, 2.24) is 9.73 Å². The van der Waals surface area contributed by atoms with E-state index in [0.29, 0.717) is 18.7 Å². The lowest BCUT2D eigenvalue weighted by atomic mass is 10.2. The van der Waals surface area contributed by atoms with E-state index in [0.717, 1.165) is 12.8 Å². The summed E-state index contributed by atoms with van der Waals surface area (Å²) in [4.78, 5) is 12.3. The Morgan fingerprint density at radius 3 is 2.58 bits per heavy atom. The van der Waals surface area contributed by atoms with Gasteiger partial charge in [-0.1, -0.05) is 18.2 Å². The molecule has 7 nitrogen and oxygen atoms in total. The Morgan fingerprint density at radius 2 is 1.85 bits per heavy atom. The van der Waals surface area contributed by atoms with Gasteiger partial charge in [-0.25, -0.2) is 13.8 Å². The van der Waals surface area contributed by atoms with E-state index in [4.69, 9.17) is 0 Å². The first kappa shape index (κ1) is 18.1. The van der Waals surface area contributed by atoms with Crippen molar-refractivity contribution in [3.63, 3.8) is 0 Å². The summed E-state index contributed by atoms with van der Waals surface area (Å²) in [6, 6.07) is 12.3. The number of nitrogens with one attached hydrogen (secondary N) is 1. The number of aromatic hydroxyl groups is 1. The second-order valence-electron chi connectivity index (χ2n) is 5.93. The lowest BCUT2D eigenvalue weighted by Crippen LogP contribution is -2.28. The summed E-state index contributed by atoms with van der Waals surface area (Å²) in [6.07, 6.45) is 3.09. The maximum atomic E-state index is 12.6. The van der Waals surface area contributed by atoms with Gasteiger partial charge in [0.2, 0.25) is 10.0 Å². The molecule has 1 amide bonds. The zero-order chi connectivity index (χ0) is 18.6. The van der Waals surface area contributed by atoms with E-state index in [1.54, 1.807) is 12.1 Å². The third-order valence-corrected chi connectivity index (χ3v) is 5.94. The molecule has 0 saturated carbocycles. The molecular weight excluding hydrogens is 354 g/mol. The van der Waals surface area contributed by atoms with Crippen LogP contribution in [0.5, 0.6) is 5.75 Å². The second-order valence-corrected chi connectivity index (χ2v) is 7.87. The average molecular weight is 373 g/mol. The molecule has 3 rings (SSSR count). The Hall–Kier alpha value is -2.71. The number of hydrogen-bond acceptors (Lipinski definition) is 5.